The highest BCUT2D eigenvalue weighted by Gasteiger charge is 2.45. The first-order valence-electron chi connectivity index (χ1n) is 8.69. The molecular formula is C19H20N4O3. The predicted molar refractivity (Wildman–Crippen MR) is 94.8 cm³/mol. The molecule has 1 fully saturated rings. The molecule has 1 saturated heterocycles. The number of aromatic nitrogens is 2. The lowest BCUT2D eigenvalue weighted by Gasteiger charge is -2.40. The van der Waals surface area contributed by atoms with Gasteiger partial charge in [0.1, 0.15) is 0 Å². The van der Waals surface area contributed by atoms with Crippen LogP contribution in [0.1, 0.15) is 22.8 Å². The second-order valence-electron chi connectivity index (χ2n) is 6.78. The fraction of sp³-hybridized carbons (Fsp3) is 0.368. The average Bonchev–Trinajstić information content (AvgIpc) is 2.68. The maximum absolute atomic E-state index is 13.1. The number of nitrogens with zero attached hydrogens (tertiary/aromatic N) is 4. The Balaban J connectivity index is 1.46. The van der Waals surface area contributed by atoms with Crippen LogP contribution in [0.25, 0.3) is 0 Å². The number of cyclic esters (lactones) is 1. The van der Waals surface area contributed by atoms with Gasteiger partial charge >= 0.3 is 5.97 Å². The molecule has 7 heteroatoms. The number of hydrogen-bond acceptors (Lipinski definition) is 6. The highest BCUT2D eigenvalue weighted by atomic mass is 16.6. The lowest BCUT2D eigenvalue weighted by atomic mass is 9.88. The van der Waals surface area contributed by atoms with Crippen LogP contribution in [0.2, 0.25) is 0 Å². The van der Waals surface area contributed by atoms with E-state index in [1.54, 1.807) is 42.4 Å². The number of amides is 1. The van der Waals surface area contributed by atoms with Gasteiger partial charge in [-0.1, -0.05) is 18.2 Å². The Labute approximate surface area is 151 Å². The van der Waals surface area contributed by atoms with Crippen molar-refractivity contribution >= 4 is 17.8 Å². The Morgan fingerprint density at radius 1 is 1.08 bits per heavy atom. The van der Waals surface area contributed by atoms with Crippen LogP contribution in [0.4, 0.5) is 5.95 Å². The summed E-state index contributed by atoms with van der Waals surface area (Å²) in [6.07, 6.45) is 3.81. The van der Waals surface area contributed by atoms with E-state index in [1.165, 1.54) is 0 Å². The third-order valence-electron chi connectivity index (χ3n) is 4.94. The molecule has 0 N–H and O–H groups in total. The molecule has 0 radical (unpaired) electrons. The Hall–Kier alpha value is -2.96. The van der Waals surface area contributed by atoms with Crippen molar-refractivity contribution in [1.82, 2.24) is 14.9 Å². The summed E-state index contributed by atoms with van der Waals surface area (Å²) in [6.45, 7) is 4.10. The quantitative estimate of drug-likeness (QED) is 0.759. The molecule has 2 aromatic rings. The molecule has 1 aromatic carbocycles. The van der Waals surface area contributed by atoms with E-state index in [9.17, 15) is 9.59 Å². The maximum atomic E-state index is 13.1. The summed E-state index contributed by atoms with van der Waals surface area (Å²) in [4.78, 5) is 37.7. The molecule has 1 amide bonds. The lowest BCUT2D eigenvalue weighted by molar-refractivity contribution is -0.151. The molecule has 0 spiro atoms. The third kappa shape index (κ3) is 2.89. The molecule has 134 valence electrons. The van der Waals surface area contributed by atoms with Crippen LogP contribution < -0.4 is 4.90 Å². The molecule has 0 unspecified atom stereocenters. The van der Waals surface area contributed by atoms with Crippen molar-refractivity contribution in [1.29, 1.82) is 0 Å². The number of anilines is 1. The zero-order valence-corrected chi connectivity index (χ0v) is 14.6. The van der Waals surface area contributed by atoms with Gasteiger partial charge in [-0.2, -0.15) is 0 Å². The number of esters is 1. The van der Waals surface area contributed by atoms with E-state index in [4.69, 9.17) is 4.74 Å². The molecule has 1 aromatic heterocycles. The van der Waals surface area contributed by atoms with Crippen molar-refractivity contribution in [3.05, 3.63) is 53.9 Å². The van der Waals surface area contributed by atoms with Gasteiger partial charge in [0.15, 0.2) is 5.60 Å². The van der Waals surface area contributed by atoms with E-state index in [1.807, 2.05) is 17.0 Å². The molecule has 0 saturated carbocycles. The van der Waals surface area contributed by atoms with Gasteiger partial charge in [-0.15, -0.1) is 0 Å². The molecule has 1 atom stereocenters. The molecule has 0 aliphatic carbocycles. The van der Waals surface area contributed by atoms with Gasteiger partial charge in [0.2, 0.25) is 5.95 Å². The first-order chi connectivity index (χ1) is 12.6. The molecule has 4 rings (SSSR count). The minimum atomic E-state index is -1.16. The number of benzene rings is 1. The SMILES string of the molecule is C[C@@]1(C(=O)N2CCN(c3ncccn3)CC2)Cc2ccccc2C(=O)O1. The van der Waals surface area contributed by atoms with Crippen molar-refractivity contribution in [2.75, 3.05) is 31.1 Å². The summed E-state index contributed by atoms with van der Waals surface area (Å²) in [5.74, 6) is 0.0943. The van der Waals surface area contributed by atoms with Crippen LogP contribution >= 0.6 is 0 Å². The topological polar surface area (TPSA) is 75.6 Å². The standard InChI is InChI=1S/C19H20N4O3/c1-19(13-14-5-2-3-6-15(14)16(24)26-19)17(25)22-9-11-23(12-10-22)18-20-7-4-8-21-18/h2-8H,9-13H2,1H3/t19-/m0/s1. The summed E-state index contributed by atoms with van der Waals surface area (Å²) < 4.78 is 5.56. The van der Waals surface area contributed by atoms with Crippen LogP contribution in [0, 0.1) is 0 Å². The van der Waals surface area contributed by atoms with Crippen molar-refractivity contribution in [3.63, 3.8) is 0 Å². The van der Waals surface area contributed by atoms with Crippen molar-refractivity contribution in [3.8, 4) is 0 Å². The van der Waals surface area contributed by atoms with Gasteiger partial charge in [0.25, 0.3) is 5.91 Å². The minimum Gasteiger partial charge on any atom is -0.445 e. The van der Waals surface area contributed by atoms with E-state index in [-0.39, 0.29) is 5.91 Å². The van der Waals surface area contributed by atoms with Crippen LogP contribution in [0.15, 0.2) is 42.7 Å². The van der Waals surface area contributed by atoms with Crippen LogP contribution in [0.3, 0.4) is 0 Å². The van der Waals surface area contributed by atoms with Crippen molar-refractivity contribution in [2.24, 2.45) is 0 Å². The Morgan fingerprint density at radius 3 is 2.50 bits per heavy atom. The molecular weight excluding hydrogens is 332 g/mol. The Bertz CT molecular complexity index is 834. The van der Waals surface area contributed by atoms with Gasteiger partial charge in [0, 0.05) is 45.0 Å². The molecule has 26 heavy (non-hydrogen) atoms. The summed E-state index contributed by atoms with van der Waals surface area (Å²) >= 11 is 0. The number of piperazine rings is 1. The fourth-order valence-corrected chi connectivity index (χ4v) is 3.55. The number of rotatable bonds is 2. The Kier molecular flexibility index (Phi) is 4.06. The number of carbonyl (C=O) groups excluding carboxylic acids is 2. The van der Waals surface area contributed by atoms with Gasteiger partial charge in [-0.3, -0.25) is 4.79 Å². The monoisotopic (exact) mass is 352 g/mol. The highest BCUT2D eigenvalue weighted by Crippen LogP contribution is 2.30. The average molecular weight is 352 g/mol. The molecule has 0 bridgehead atoms. The highest BCUT2D eigenvalue weighted by molar-refractivity contribution is 5.97. The number of carbonyl (C=O) groups is 2. The van der Waals surface area contributed by atoms with Crippen molar-refractivity contribution < 1.29 is 14.3 Å². The first-order valence-corrected chi connectivity index (χ1v) is 8.69. The molecule has 2 aliphatic rings. The zero-order chi connectivity index (χ0) is 18.1. The first kappa shape index (κ1) is 16.5. The summed E-state index contributed by atoms with van der Waals surface area (Å²) in [5.41, 5.74) is 0.247. The fourth-order valence-electron chi connectivity index (χ4n) is 3.55. The van der Waals surface area contributed by atoms with E-state index < -0.39 is 11.6 Å². The molecule has 2 aliphatic heterocycles. The predicted octanol–water partition coefficient (Wildman–Crippen LogP) is 1.30. The largest absolute Gasteiger partial charge is 0.445 e. The van der Waals surface area contributed by atoms with Gasteiger partial charge in [-0.25, -0.2) is 14.8 Å². The normalized spacial score (nSPS) is 22.6. The van der Waals surface area contributed by atoms with Crippen LogP contribution in [-0.4, -0.2) is 58.5 Å². The Morgan fingerprint density at radius 2 is 1.77 bits per heavy atom. The molecule has 7 nitrogen and oxygen atoms in total. The van der Waals surface area contributed by atoms with Crippen LogP contribution in [0.5, 0.6) is 0 Å². The van der Waals surface area contributed by atoms with Crippen LogP contribution in [-0.2, 0) is 16.0 Å². The second-order valence-corrected chi connectivity index (χ2v) is 6.78. The summed E-state index contributed by atoms with van der Waals surface area (Å²) in [6, 6.07) is 9.07. The zero-order valence-electron chi connectivity index (χ0n) is 14.6. The van der Waals surface area contributed by atoms with Gasteiger partial charge in [-0.05, 0) is 24.6 Å². The summed E-state index contributed by atoms with van der Waals surface area (Å²) in [7, 11) is 0. The minimum absolute atomic E-state index is 0.144. The van der Waals surface area contributed by atoms with E-state index in [0.29, 0.717) is 44.1 Å². The maximum Gasteiger partial charge on any atom is 0.339 e. The second kappa shape index (κ2) is 6.40. The molecule has 3 heterocycles. The van der Waals surface area contributed by atoms with Crippen molar-refractivity contribution in [2.45, 2.75) is 18.9 Å². The van der Waals surface area contributed by atoms with E-state index in [2.05, 4.69) is 9.97 Å². The van der Waals surface area contributed by atoms with Gasteiger partial charge in [0.05, 0.1) is 5.56 Å². The number of hydrogen-bond donors (Lipinski definition) is 0. The van der Waals surface area contributed by atoms with E-state index in [0.717, 1.165) is 5.56 Å². The smallest absolute Gasteiger partial charge is 0.339 e. The number of fused-ring (bicyclic) bond motifs is 1. The van der Waals surface area contributed by atoms with Gasteiger partial charge < -0.3 is 14.5 Å². The lowest BCUT2D eigenvalue weighted by Crippen LogP contribution is -2.58. The summed E-state index contributed by atoms with van der Waals surface area (Å²) in [5, 5.41) is 0. The third-order valence-corrected chi connectivity index (χ3v) is 4.94. The van der Waals surface area contributed by atoms with E-state index >= 15 is 0 Å². The number of ether oxygens (including phenoxy) is 1.